The van der Waals surface area contributed by atoms with Crippen molar-refractivity contribution in [1.82, 2.24) is 4.90 Å². The monoisotopic (exact) mass is 561 g/mol. The quantitative estimate of drug-likeness (QED) is 0.209. The van der Waals surface area contributed by atoms with Crippen LogP contribution in [0.15, 0.2) is 23.3 Å². The standard InChI is InChI=1S/C36H51NO4/c1-20(2)25-19-36-17-14-26-34(4,15-9-16-35(26,5)33(40)41-6)27(36)18-24(25)28-29(36)32(39)37(31(28)38)30-21(3)12-13-22-10-7-8-11-23(22)30/h12,19-20,22-24,26-30H,7-11,13-18H2,1-6H3/t22?,23?,24-,26-,27-,28-,29+,30?,34+,35-,36-/m1/s1. The Bertz CT molecular complexity index is 1230. The van der Waals surface area contributed by atoms with Crippen LogP contribution in [0.25, 0.3) is 0 Å². The molecule has 41 heavy (non-hydrogen) atoms. The van der Waals surface area contributed by atoms with E-state index in [1.807, 2.05) is 4.90 Å². The van der Waals surface area contributed by atoms with Crippen LogP contribution in [-0.4, -0.2) is 35.8 Å². The van der Waals surface area contributed by atoms with E-state index in [0.717, 1.165) is 51.4 Å². The highest BCUT2D eigenvalue weighted by atomic mass is 16.5. The van der Waals surface area contributed by atoms with Gasteiger partial charge in [-0.2, -0.15) is 0 Å². The van der Waals surface area contributed by atoms with Crippen molar-refractivity contribution in [3.63, 3.8) is 0 Å². The maximum atomic E-state index is 14.9. The number of hydrogen-bond acceptors (Lipinski definition) is 4. The van der Waals surface area contributed by atoms with Crippen molar-refractivity contribution < 1.29 is 19.1 Å². The summed E-state index contributed by atoms with van der Waals surface area (Å²) in [6.45, 7) is 11.3. The van der Waals surface area contributed by atoms with Crippen LogP contribution in [0.3, 0.4) is 0 Å². The Morgan fingerprint density at radius 3 is 2.49 bits per heavy atom. The molecule has 224 valence electrons. The predicted molar refractivity (Wildman–Crippen MR) is 158 cm³/mol. The van der Waals surface area contributed by atoms with Crippen LogP contribution >= 0.6 is 0 Å². The normalized spacial score (nSPS) is 48.6. The first kappa shape index (κ1) is 27.9. The summed E-state index contributed by atoms with van der Waals surface area (Å²) in [5, 5.41) is 0. The van der Waals surface area contributed by atoms with Crippen LogP contribution in [0.4, 0.5) is 0 Å². The Hall–Kier alpha value is -1.91. The third-order valence-corrected chi connectivity index (χ3v) is 14.2. The first-order chi connectivity index (χ1) is 19.5. The van der Waals surface area contributed by atoms with Gasteiger partial charge in [0.05, 0.1) is 30.4 Å². The molecule has 8 rings (SSSR count). The average molecular weight is 562 g/mol. The number of allylic oxidation sites excluding steroid dienone is 3. The van der Waals surface area contributed by atoms with Gasteiger partial charge in [-0.25, -0.2) is 0 Å². The first-order valence-electron chi connectivity index (χ1n) is 16.8. The molecule has 7 aliphatic carbocycles. The molecular weight excluding hydrogens is 510 g/mol. The van der Waals surface area contributed by atoms with E-state index >= 15 is 0 Å². The van der Waals surface area contributed by atoms with Gasteiger partial charge in [0, 0.05) is 5.41 Å². The van der Waals surface area contributed by atoms with Crippen LogP contribution in [0.1, 0.15) is 105 Å². The van der Waals surface area contributed by atoms with E-state index in [-0.39, 0.29) is 58.3 Å². The summed E-state index contributed by atoms with van der Waals surface area (Å²) in [6.07, 6.45) is 16.6. The van der Waals surface area contributed by atoms with Gasteiger partial charge in [0.25, 0.3) is 0 Å². The summed E-state index contributed by atoms with van der Waals surface area (Å²) in [6, 6.07) is -0.0550. The highest BCUT2D eigenvalue weighted by Crippen LogP contribution is 2.74. The minimum atomic E-state index is -0.481. The second kappa shape index (κ2) is 9.29. The lowest BCUT2D eigenvalue weighted by molar-refractivity contribution is -0.196. The second-order valence-electron chi connectivity index (χ2n) is 16.1. The zero-order chi connectivity index (χ0) is 29.1. The molecule has 2 amide bonds. The summed E-state index contributed by atoms with van der Waals surface area (Å²) in [7, 11) is 1.53. The van der Waals surface area contributed by atoms with Gasteiger partial charge in [-0.1, -0.05) is 63.3 Å². The van der Waals surface area contributed by atoms with Crippen molar-refractivity contribution >= 4 is 17.8 Å². The number of imide groups is 1. The summed E-state index contributed by atoms with van der Waals surface area (Å²) < 4.78 is 5.40. The number of nitrogens with zero attached hydrogens (tertiary/aromatic N) is 1. The van der Waals surface area contributed by atoms with Crippen LogP contribution < -0.4 is 0 Å². The molecule has 3 unspecified atom stereocenters. The zero-order valence-corrected chi connectivity index (χ0v) is 26.2. The van der Waals surface area contributed by atoms with Crippen molar-refractivity contribution in [2.75, 3.05) is 7.11 Å². The van der Waals surface area contributed by atoms with E-state index in [1.165, 1.54) is 37.5 Å². The van der Waals surface area contributed by atoms with Crippen LogP contribution in [0.5, 0.6) is 0 Å². The topological polar surface area (TPSA) is 63.7 Å². The van der Waals surface area contributed by atoms with Crippen LogP contribution in [-0.2, 0) is 19.1 Å². The Balaban J connectivity index is 1.32. The molecule has 2 bridgehead atoms. The number of ether oxygens (including phenoxy) is 1. The lowest BCUT2D eigenvalue weighted by atomic mass is 9.34. The van der Waals surface area contributed by atoms with Crippen LogP contribution in [0, 0.1) is 63.6 Å². The summed E-state index contributed by atoms with van der Waals surface area (Å²) in [5.41, 5.74) is 1.84. The Morgan fingerprint density at radius 1 is 1.00 bits per heavy atom. The fraction of sp³-hybridized carbons (Fsp3) is 0.806. The van der Waals surface area contributed by atoms with E-state index in [9.17, 15) is 14.4 Å². The number of methoxy groups -OCH3 is 1. The zero-order valence-electron chi connectivity index (χ0n) is 26.2. The van der Waals surface area contributed by atoms with E-state index in [2.05, 4.69) is 46.8 Å². The molecule has 1 aliphatic heterocycles. The van der Waals surface area contributed by atoms with Crippen molar-refractivity contribution in [3.05, 3.63) is 23.3 Å². The summed E-state index contributed by atoms with van der Waals surface area (Å²) in [5.74, 6) is 1.80. The number of amides is 2. The fourth-order valence-electron chi connectivity index (χ4n) is 12.6. The Morgan fingerprint density at radius 2 is 1.76 bits per heavy atom. The number of hydrogen-bond donors (Lipinski definition) is 0. The van der Waals surface area contributed by atoms with E-state index in [1.54, 1.807) is 0 Å². The SMILES string of the molecule is COC(=O)[C@]1(C)CCC[C@]2(C)[C@H]3C[C@@H]4C(C(C)C)=C[C@@]3(CC[C@H]21)[C@@H]1C(=O)N(C2C(C)=CCC3CCCCC32)C(=O)[C@H]41. The van der Waals surface area contributed by atoms with Gasteiger partial charge < -0.3 is 4.74 Å². The van der Waals surface area contributed by atoms with Gasteiger partial charge in [-0.3, -0.25) is 19.3 Å². The number of rotatable bonds is 3. The second-order valence-corrected chi connectivity index (χ2v) is 16.1. The minimum absolute atomic E-state index is 0.0481. The minimum Gasteiger partial charge on any atom is -0.469 e. The van der Waals surface area contributed by atoms with E-state index in [0.29, 0.717) is 23.7 Å². The first-order valence-corrected chi connectivity index (χ1v) is 16.8. The molecule has 5 fully saturated rings. The molecule has 11 atom stereocenters. The molecule has 5 nitrogen and oxygen atoms in total. The van der Waals surface area contributed by atoms with Gasteiger partial charge in [0.1, 0.15) is 0 Å². The molecule has 0 aromatic heterocycles. The third kappa shape index (κ3) is 3.50. The Labute approximate surface area is 246 Å². The smallest absolute Gasteiger partial charge is 0.311 e. The van der Waals surface area contributed by atoms with E-state index < -0.39 is 5.41 Å². The lowest BCUT2D eigenvalue weighted by Gasteiger charge is -2.68. The van der Waals surface area contributed by atoms with E-state index in [4.69, 9.17) is 4.74 Å². The molecule has 0 radical (unpaired) electrons. The molecule has 1 heterocycles. The number of likely N-dealkylation sites (tertiary alicyclic amines) is 1. The maximum Gasteiger partial charge on any atom is 0.311 e. The van der Waals surface area contributed by atoms with Gasteiger partial charge in [0.2, 0.25) is 11.8 Å². The van der Waals surface area contributed by atoms with Gasteiger partial charge >= 0.3 is 5.97 Å². The molecule has 0 N–H and O–H groups in total. The van der Waals surface area contributed by atoms with Crippen molar-refractivity contribution in [1.29, 1.82) is 0 Å². The number of carbonyl (C=O) groups is 3. The molecule has 0 aromatic rings. The van der Waals surface area contributed by atoms with Crippen LogP contribution in [0.2, 0.25) is 0 Å². The molecule has 5 heteroatoms. The largest absolute Gasteiger partial charge is 0.469 e. The summed E-state index contributed by atoms with van der Waals surface area (Å²) >= 11 is 0. The molecule has 8 aliphatic rings. The number of esters is 1. The predicted octanol–water partition coefficient (Wildman–Crippen LogP) is 7.11. The highest BCUT2D eigenvalue weighted by Gasteiger charge is 2.74. The van der Waals surface area contributed by atoms with Gasteiger partial charge in [0.15, 0.2) is 0 Å². The lowest BCUT2D eigenvalue weighted by Crippen LogP contribution is -2.65. The summed E-state index contributed by atoms with van der Waals surface area (Å²) in [4.78, 5) is 44.7. The van der Waals surface area contributed by atoms with Gasteiger partial charge in [-0.05, 0) is 106 Å². The average Bonchev–Trinajstić information content (AvgIpc) is 3.23. The molecule has 0 aromatic carbocycles. The number of carbonyl (C=O) groups excluding carboxylic acids is 3. The number of fused-ring (bicyclic) bond motifs is 2. The van der Waals surface area contributed by atoms with Crippen molar-refractivity contribution in [2.24, 2.45) is 63.6 Å². The third-order valence-electron chi connectivity index (χ3n) is 14.2. The van der Waals surface area contributed by atoms with Gasteiger partial charge in [-0.15, -0.1) is 0 Å². The Kier molecular flexibility index (Phi) is 6.32. The molecular formula is C36H51NO4. The maximum absolute atomic E-state index is 14.9. The molecule has 1 saturated heterocycles. The molecule has 4 saturated carbocycles. The molecule has 1 spiro atoms. The highest BCUT2D eigenvalue weighted by molar-refractivity contribution is 6.07. The fourth-order valence-corrected chi connectivity index (χ4v) is 12.6. The van der Waals surface area contributed by atoms with Crippen molar-refractivity contribution in [2.45, 2.75) is 111 Å². The van der Waals surface area contributed by atoms with Crippen molar-refractivity contribution in [3.8, 4) is 0 Å².